The zero-order valence-corrected chi connectivity index (χ0v) is 12.4. The molecule has 102 valence electrons. The summed E-state index contributed by atoms with van der Waals surface area (Å²) < 4.78 is 1.95. The van der Waals surface area contributed by atoms with Crippen LogP contribution in [0.25, 0.3) is 11.4 Å². The molecule has 2 aromatic rings. The van der Waals surface area contributed by atoms with Gasteiger partial charge < -0.3 is 9.67 Å². The number of halogens is 1. The number of aliphatic hydroxyl groups is 1. The Labute approximate surface area is 118 Å². The molecule has 1 heterocycles. The van der Waals surface area contributed by atoms with E-state index in [0.29, 0.717) is 5.82 Å². The van der Waals surface area contributed by atoms with E-state index in [1.165, 1.54) is 0 Å². The summed E-state index contributed by atoms with van der Waals surface area (Å²) >= 11 is 6.05. The van der Waals surface area contributed by atoms with E-state index < -0.39 is 0 Å². The van der Waals surface area contributed by atoms with Crippen LogP contribution in [0.15, 0.2) is 18.2 Å². The van der Waals surface area contributed by atoms with Crippen molar-refractivity contribution in [1.82, 2.24) is 14.8 Å². The lowest BCUT2D eigenvalue weighted by Crippen LogP contribution is -2.25. The van der Waals surface area contributed by atoms with E-state index in [4.69, 9.17) is 11.6 Å². The molecule has 1 N–H and O–H groups in total. The van der Waals surface area contributed by atoms with Crippen molar-refractivity contribution < 1.29 is 5.11 Å². The Morgan fingerprint density at radius 1 is 1.26 bits per heavy atom. The number of benzene rings is 1. The van der Waals surface area contributed by atoms with E-state index in [9.17, 15) is 5.11 Å². The third-order valence-corrected chi connectivity index (χ3v) is 3.38. The van der Waals surface area contributed by atoms with E-state index in [-0.39, 0.29) is 12.1 Å². The minimum atomic E-state index is -0.204. The molecule has 0 radical (unpaired) electrons. The number of nitrogens with zero attached hydrogens (tertiary/aromatic N) is 3. The highest BCUT2D eigenvalue weighted by molar-refractivity contribution is 6.31. The zero-order chi connectivity index (χ0) is 14.2. The SMILES string of the molecule is Cc1cc(-c2nnc(CO)n2C(C)(C)C)ccc1Cl. The molecule has 4 nitrogen and oxygen atoms in total. The first kappa shape index (κ1) is 14.0. The summed E-state index contributed by atoms with van der Waals surface area (Å²) in [5.41, 5.74) is 1.74. The summed E-state index contributed by atoms with van der Waals surface area (Å²) in [4.78, 5) is 0. The van der Waals surface area contributed by atoms with Gasteiger partial charge in [0.05, 0.1) is 0 Å². The monoisotopic (exact) mass is 279 g/mol. The molecule has 1 aromatic heterocycles. The molecule has 0 saturated heterocycles. The summed E-state index contributed by atoms with van der Waals surface area (Å²) in [5.74, 6) is 1.31. The maximum Gasteiger partial charge on any atom is 0.164 e. The van der Waals surface area contributed by atoms with Crippen molar-refractivity contribution in [3.05, 3.63) is 34.6 Å². The first-order valence-electron chi connectivity index (χ1n) is 6.16. The van der Waals surface area contributed by atoms with Gasteiger partial charge in [0, 0.05) is 16.1 Å². The normalized spacial score (nSPS) is 11.9. The molecule has 0 unspecified atom stereocenters. The van der Waals surface area contributed by atoms with Crippen LogP contribution in [0, 0.1) is 6.92 Å². The molecule has 19 heavy (non-hydrogen) atoms. The molecule has 1 aromatic carbocycles. The van der Waals surface area contributed by atoms with Gasteiger partial charge in [0.1, 0.15) is 6.61 Å². The van der Waals surface area contributed by atoms with Gasteiger partial charge >= 0.3 is 0 Å². The molecule has 0 fully saturated rings. The van der Waals surface area contributed by atoms with Crippen molar-refractivity contribution in [2.45, 2.75) is 39.8 Å². The van der Waals surface area contributed by atoms with Crippen molar-refractivity contribution in [3.63, 3.8) is 0 Å². The molecular weight excluding hydrogens is 262 g/mol. The Morgan fingerprint density at radius 2 is 1.95 bits per heavy atom. The first-order chi connectivity index (χ1) is 8.84. The van der Waals surface area contributed by atoms with Gasteiger partial charge in [-0.1, -0.05) is 11.6 Å². The smallest absolute Gasteiger partial charge is 0.164 e. The van der Waals surface area contributed by atoms with Gasteiger partial charge in [0.15, 0.2) is 11.6 Å². The largest absolute Gasteiger partial charge is 0.388 e. The summed E-state index contributed by atoms with van der Waals surface area (Å²) in [5, 5.41) is 18.4. The van der Waals surface area contributed by atoms with Crippen LogP contribution < -0.4 is 0 Å². The van der Waals surface area contributed by atoms with Crippen LogP contribution in [0.5, 0.6) is 0 Å². The van der Waals surface area contributed by atoms with E-state index >= 15 is 0 Å². The van der Waals surface area contributed by atoms with Crippen molar-refractivity contribution in [3.8, 4) is 11.4 Å². The van der Waals surface area contributed by atoms with Gasteiger partial charge in [-0.2, -0.15) is 0 Å². The second kappa shape index (κ2) is 4.94. The summed E-state index contributed by atoms with van der Waals surface area (Å²) in [7, 11) is 0. The summed E-state index contributed by atoms with van der Waals surface area (Å²) in [6, 6.07) is 5.75. The zero-order valence-electron chi connectivity index (χ0n) is 11.6. The fraction of sp³-hybridized carbons (Fsp3) is 0.429. The molecule has 5 heteroatoms. The highest BCUT2D eigenvalue weighted by Gasteiger charge is 2.23. The number of hydrogen-bond donors (Lipinski definition) is 1. The number of aryl methyl sites for hydroxylation is 1. The van der Waals surface area contributed by atoms with Crippen molar-refractivity contribution in [1.29, 1.82) is 0 Å². The van der Waals surface area contributed by atoms with Crippen LogP contribution in [0.2, 0.25) is 5.02 Å². The average molecular weight is 280 g/mol. The first-order valence-corrected chi connectivity index (χ1v) is 6.54. The quantitative estimate of drug-likeness (QED) is 0.919. The topological polar surface area (TPSA) is 50.9 Å². The van der Waals surface area contributed by atoms with Crippen molar-refractivity contribution in [2.75, 3.05) is 0 Å². The number of aromatic nitrogens is 3. The highest BCUT2D eigenvalue weighted by atomic mass is 35.5. The van der Waals surface area contributed by atoms with Crippen molar-refractivity contribution in [2.24, 2.45) is 0 Å². The third kappa shape index (κ3) is 2.65. The minimum absolute atomic E-state index is 0.128. The van der Waals surface area contributed by atoms with E-state index in [2.05, 4.69) is 31.0 Å². The van der Waals surface area contributed by atoms with Crippen LogP contribution in [0.1, 0.15) is 32.2 Å². The second-order valence-electron chi connectivity index (χ2n) is 5.57. The predicted octanol–water partition coefficient (Wildman–Crippen LogP) is 3.15. The Morgan fingerprint density at radius 3 is 2.47 bits per heavy atom. The number of rotatable bonds is 2. The second-order valence-corrected chi connectivity index (χ2v) is 5.98. The Kier molecular flexibility index (Phi) is 3.65. The van der Waals surface area contributed by atoms with Gasteiger partial charge in [-0.05, 0) is 51.5 Å². The van der Waals surface area contributed by atoms with Gasteiger partial charge in [-0.3, -0.25) is 0 Å². The lowest BCUT2D eigenvalue weighted by atomic mass is 10.1. The molecular formula is C14H18ClN3O. The Bertz CT molecular complexity index is 599. The average Bonchev–Trinajstić information content (AvgIpc) is 2.76. The van der Waals surface area contributed by atoms with Crippen LogP contribution in [-0.2, 0) is 12.1 Å². The molecule has 0 amide bonds. The van der Waals surface area contributed by atoms with E-state index in [1.807, 2.05) is 29.7 Å². The van der Waals surface area contributed by atoms with Gasteiger partial charge in [-0.15, -0.1) is 10.2 Å². The Hall–Kier alpha value is -1.39. The standard InChI is InChI=1S/C14H18ClN3O/c1-9-7-10(5-6-11(9)15)13-17-16-12(8-19)18(13)14(2,3)4/h5-7,19H,8H2,1-4H3. The minimum Gasteiger partial charge on any atom is -0.388 e. The highest BCUT2D eigenvalue weighted by Crippen LogP contribution is 2.28. The van der Waals surface area contributed by atoms with E-state index in [0.717, 1.165) is 22.0 Å². The number of hydrogen-bond acceptors (Lipinski definition) is 3. The van der Waals surface area contributed by atoms with Gasteiger partial charge in [0.2, 0.25) is 0 Å². The third-order valence-electron chi connectivity index (χ3n) is 2.96. The molecule has 0 atom stereocenters. The van der Waals surface area contributed by atoms with E-state index in [1.54, 1.807) is 0 Å². The molecule has 0 saturated carbocycles. The molecule has 0 aliphatic carbocycles. The molecule has 2 rings (SSSR count). The molecule has 0 aliphatic heterocycles. The van der Waals surface area contributed by atoms with Crippen LogP contribution >= 0.6 is 11.6 Å². The number of aliphatic hydroxyl groups excluding tert-OH is 1. The Balaban J connectivity index is 2.62. The molecule has 0 aliphatic rings. The molecule has 0 bridgehead atoms. The fourth-order valence-corrected chi connectivity index (χ4v) is 2.21. The fourth-order valence-electron chi connectivity index (χ4n) is 2.09. The van der Waals surface area contributed by atoms with Crippen LogP contribution in [-0.4, -0.2) is 19.9 Å². The van der Waals surface area contributed by atoms with Gasteiger partial charge in [-0.25, -0.2) is 0 Å². The lowest BCUT2D eigenvalue weighted by molar-refractivity contribution is 0.250. The lowest BCUT2D eigenvalue weighted by Gasteiger charge is -2.24. The maximum atomic E-state index is 9.40. The summed E-state index contributed by atoms with van der Waals surface area (Å²) in [6.45, 7) is 8.00. The molecule has 0 spiro atoms. The predicted molar refractivity (Wildman–Crippen MR) is 76.1 cm³/mol. The maximum absolute atomic E-state index is 9.40. The van der Waals surface area contributed by atoms with Gasteiger partial charge in [0.25, 0.3) is 0 Å². The summed E-state index contributed by atoms with van der Waals surface area (Å²) in [6.07, 6.45) is 0. The van der Waals surface area contributed by atoms with Crippen molar-refractivity contribution >= 4 is 11.6 Å². The van der Waals surface area contributed by atoms with Crippen LogP contribution in [0.3, 0.4) is 0 Å². The van der Waals surface area contributed by atoms with Crippen LogP contribution in [0.4, 0.5) is 0 Å².